The molecule has 1 saturated heterocycles. The molecule has 136 valence electrons. The Balaban J connectivity index is 1.30. The van der Waals surface area contributed by atoms with E-state index in [9.17, 15) is 0 Å². The number of nitrogens with zero attached hydrogens (tertiary/aromatic N) is 5. The number of aromatic amines is 2. The third kappa shape index (κ3) is 3.33. The van der Waals surface area contributed by atoms with Crippen molar-refractivity contribution in [3.05, 3.63) is 60.4 Å². The van der Waals surface area contributed by atoms with Crippen LogP contribution >= 0.6 is 0 Å². The highest BCUT2D eigenvalue weighted by Gasteiger charge is 2.25. The van der Waals surface area contributed by atoms with Crippen LogP contribution < -0.4 is 0 Å². The van der Waals surface area contributed by atoms with Crippen molar-refractivity contribution < 1.29 is 0 Å². The first kappa shape index (κ1) is 16.1. The quantitative estimate of drug-likeness (QED) is 0.585. The summed E-state index contributed by atoms with van der Waals surface area (Å²) in [5.74, 6) is 3.09. The van der Waals surface area contributed by atoms with E-state index in [1.165, 1.54) is 0 Å². The number of para-hydroxylation sites is 2. The molecule has 4 heterocycles. The lowest BCUT2D eigenvalue weighted by Gasteiger charge is -2.30. The van der Waals surface area contributed by atoms with Gasteiger partial charge in [-0.3, -0.25) is 15.0 Å². The van der Waals surface area contributed by atoms with Crippen molar-refractivity contribution >= 4 is 11.0 Å². The monoisotopic (exact) mass is 359 g/mol. The molecular weight excluding hydrogens is 338 g/mol. The van der Waals surface area contributed by atoms with E-state index in [2.05, 4.69) is 31.1 Å². The van der Waals surface area contributed by atoms with E-state index in [1.807, 2.05) is 30.3 Å². The number of imidazole rings is 1. The normalized spacial score (nSPS) is 18.1. The Kier molecular flexibility index (Phi) is 4.14. The van der Waals surface area contributed by atoms with Crippen molar-refractivity contribution in [2.24, 2.45) is 0 Å². The molecule has 1 fully saturated rings. The molecule has 1 atom stereocenters. The van der Waals surface area contributed by atoms with Gasteiger partial charge in [-0.05, 0) is 43.7 Å². The van der Waals surface area contributed by atoms with Crippen LogP contribution in [0.2, 0.25) is 0 Å². The van der Waals surface area contributed by atoms with E-state index < -0.39 is 0 Å². The van der Waals surface area contributed by atoms with Crippen molar-refractivity contribution in [1.82, 2.24) is 35.0 Å². The maximum absolute atomic E-state index is 4.74. The summed E-state index contributed by atoms with van der Waals surface area (Å²) < 4.78 is 0. The van der Waals surface area contributed by atoms with Crippen LogP contribution in [0.5, 0.6) is 0 Å². The molecule has 0 radical (unpaired) electrons. The fourth-order valence-electron chi connectivity index (χ4n) is 3.80. The fourth-order valence-corrected chi connectivity index (χ4v) is 3.80. The molecule has 0 spiro atoms. The molecule has 27 heavy (non-hydrogen) atoms. The molecule has 1 unspecified atom stereocenters. The van der Waals surface area contributed by atoms with Crippen LogP contribution in [0.1, 0.15) is 30.4 Å². The lowest BCUT2D eigenvalue weighted by atomic mass is 9.97. The highest BCUT2D eigenvalue weighted by Crippen LogP contribution is 2.27. The van der Waals surface area contributed by atoms with Gasteiger partial charge in [0.05, 0.1) is 17.6 Å². The van der Waals surface area contributed by atoms with E-state index in [0.29, 0.717) is 5.92 Å². The Morgan fingerprint density at radius 1 is 1.07 bits per heavy atom. The minimum Gasteiger partial charge on any atom is -0.341 e. The smallest absolute Gasteiger partial charge is 0.181 e. The molecular formula is C20H21N7. The molecule has 1 aromatic carbocycles. The van der Waals surface area contributed by atoms with Gasteiger partial charge in [0.2, 0.25) is 0 Å². The third-order valence-electron chi connectivity index (χ3n) is 5.15. The number of aromatic nitrogens is 6. The van der Waals surface area contributed by atoms with Crippen LogP contribution in [0, 0.1) is 0 Å². The van der Waals surface area contributed by atoms with E-state index in [4.69, 9.17) is 9.97 Å². The summed E-state index contributed by atoms with van der Waals surface area (Å²) >= 11 is 0. The summed E-state index contributed by atoms with van der Waals surface area (Å²) in [6.45, 7) is 2.87. The minimum absolute atomic E-state index is 0.367. The maximum atomic E-state index is 4.74. The Morgan fingerprint density at radius 3 is 2.85 bits per heavy atom. The summed E-state index contributed by atoms with van der Waals surface area (Å²) in [6.07, 6.45) is 5.81. The number of H-pyrrole nitrogens is 2. The summed E-state index contributed by atoms with van der Waals surface area (Å²) in [6, 6.07) is 12.0. The second-order valence-corrected chi connectivity index (χ2v) is 7.06. The van der Waals surface area contributed by atoms with E-state index in [1.54, 1.807) is 12.4 Å². The maximum Gasteiger partial charge on any atom is 0.181 e. The van der Waals surface area contributed by atoms with Crippen LogP contribution in [0.15, 0.2) is 48.8 Å². The van der Waals surface area contributed by atoms with Crippen molar-refractivity contribution in [3.8, 4) is 11.4 Å². The van der Waals surface area contributed by atoms with Gasteiger partial charge in [-0.25, -0.2) is 9.97 Å². The Bertz CT molecular complexity index is 1000. The lowest BCUT2D eigenvalue weighted by molar-refractivity contribution is 0.193. The van der Waals surface area contributed by atoms with Gasteiger partial charge in [0.15, 0.2) is 5.82 Å². The number of piperidine rings is 1. The van der Waals surface area contributed by atoms with Gasteiger partial charge in [0, 0.05) is 30.4 Å². The number of hydrogen-bond acceptors (Lipinski definition) is 5. The number of hydrogen-bond donors (Lipinski definition) is 2. The predicted molar refractivity (Wildman–Crippen MR) is 103 cm³/mol. The molecule has 3 aromatic heterocycles. The predicted octanol–water partition coefficient (Wildman–Crippen LogP) is 3.12. The van der Waals surface area contributed by atoms with Crippen LogP contribution in [-0.2, 0) is 6.54 Å². The molecule has 1 aliphatic heterocycles. The van der Waals surface area contributed by atoms with E-state index in [0.717, 1.165) is 66.5 Å². The zero-order valence-electron chi connectivity index (χ0n) is 15.0. The van der Waals surface area contributed by atoms with Gasteiger partial charge < -0.3 is 4.98 Å². The number of pyridine rings is 1. The molecule has 5 rings (SSSR count). The Morgan fingerprint density at radius 2 is 1.96 bits per heavy atom. The van der Waals surface area contributed by atoms with Crippen molar-refractivity contribution in [1.29, 1.82) is 0 Å². The third-order valence-corrected chi connectivity index (χ3v) is 5.15. The average Bonchev–Trinajstić information content (AvgIpc) is 3.36. The lowest BCUT2D eigenvalue weighted by Crippen LogP contribution is -2.34. The molecule has 7 heteroatoms. The van der Waals surface area contributed by atoms with Gasteiger partial charge in [-0.1, -0.05) is 12.1 Å². The first-order chi connectivity index (χ1) is 13.3. The summed E-state index contributed by atoms with van der Waals surface area (Å²) in [5.41, 5.74) is 3.11. The van der Waals surface area contributed by atoms with E-state index >= 15 is 0 Å². The first-order valence-electron chi connectivity index (χ1n) is 9.34. The van der Waals surface area contributed by atoms with Crippen molar-refractivity contribution in [2.45, 2.75) is 25.3 Å². The van der Waals surface area contributed by atoms with Crippen molar-refractivity contribution in [2.75, 3.05) is 13.1 Å². The minimum atomic E-state index is 0.367. The molecule has 0 amide bonds. The van der Waals surface area contributed by atoms with E-state index in [-0.39, 0.29) is 0 Å². The SMILES string of the molecule is c1ccc2[nH]c(CN3CCCC(c4nc(-c5ccncc5)n[nH]4)C3)nc2c1. The van der Waals surface area contributed by atoms with Crippen molar-refractivity contribution in [3.63, 3.8) is 0 Å². The largest absolute Gasteiger partial charge is 0.341 e. The van der Waals surface area contributed by atoms with Crippen LogP contribution in [0.3, 0.4) is 0 Å². The summed E-state index contributed by atoms with van der Waals surface area (Å²) in [4.78, 5) is 19.4. The van der Waals surface area contributed by atoms with Gasteiger partial charge in [-0.15, -0.1) is 0 Å². The fraction of sp³-hybridized carbons (Fsp3) is 0.300. The average molecular weight is 359 g/mol. The summed E-state index contributed by atoms with van der Waals surface area (Å²) in [7, 11) is 0. The number of nitrogens with one attached hydrogen (secondary N) is 2. The van der Waals surface area contributed by atoms with Gasteiger partial charge >= 0.3 is 0 Å². The summed E-state index contributed by atoms with van der Waals surface area (Å²) in [5, 5.41) is 7.55. The highest BCUT2D eigenvalue weighted by molar-refractivity contribution is 5.74. The zero-order valence-corrected chi connectivity index (χ0v) is 15.0. The Labute approximate surface area is 156 Å². The zero-order chi connectivity index (χ0) is 18.1. The van der Waals surface area contributed by atoms with Crippen LogP contribution in [0.4, 0.5) is 0 Å². The molecule has 0 bridgehead atoms. The van der Waals surface area contributed by atoms with Gasteiger partial charge in [-0.2, -0.15) is 5.10 Å². The second kappa shape index (κ2) is 6.92. The highest BCUT2D eigenvalue weighted by atomic mass is 15.2. The number of benzene rings is 1. The molecule has 4 aromatic rings. The molecule has 2 N–H and O–H groups in total. The number of likely N-dealkylation sites (tertiary alicyclic amines) is 1. The molecule has 0 saturated carbocycles. The van der Waals surface area contributed by atoms with Crippen LogP contribution in [-0.4, -0.2) is 48.1 Å². The van der Waals surface area contributed by atoms with Crippen LogP contribution in [0.25, 0.3) is 22.4 Å². The number of fused-ring (bicyclic) bond motifs is 1. The second-order valence-electron chi connectivity index (χ2n) is 7.06. The molecule has 0 aliphatic carbocycles. The van der Waals surface area contributed by atoms with Gasteiger partial charge in [0.1, 0.15) is 11.6 Å². The molecule has 1 aliphatic rings. The molecule has 7 nitrogen and oxygen atoms in total. The standard InChI is InChI=1S/C20H21N7/c1-2-6-17-16(5-1)22-18(23-17)13-27-11-3-4-15(12-27)20-24-19(25-26-20)14-7-9-21-10-8-14/h1-2,5-10,15H,3-4,11-13H2,(H,22,23)(H,24,25,26). The number of rotatable bonds is 4. The Hall–Kier alpha value is -3.06. The first-order valence-corrected chi connectivity index (χ1v) is 9.34. The van der Waals surface area contributed by atoms with Gasteiger partial charge in [0.25, 0.3) is 0 Å². The topological polar surface area (TPSA) is 86.4 Å².